The third-order valence-corrected chi connectivity index (χ3v) is 8.58. The van der Waals surface area contributed by atoms with E-state index in [-0.39, 0.29) is 35.3 Å². The number of pyridine rings is 1. The molecule has 1 fully saturated rings. The molecule has 1 aliphatic heterocycles. The van der Waals surface area contributed by atoms with Gasteiger partial charge in [0.15, 0.2) is 0 Å². The third kappa shape index (κ3) is 6.70. The Morgan fingerprint density at radius 3 is 2.70 bits per heavy atom. The first kappa shape index (κ1) is 28.6. The van der Waals surface area contributed by atoms with Gasteiger partial charge in [-0.05, 0) is 66.8 Å². The Morgan fingerprint density at radius 1 is 1.25 bits per heavy atom. The minimum Gasteiger partial charge on any atom is -0.471 e. The van der Waals surface area contributed by atoms with E-state index in [1.165, 1.54) is 24.3 Å². The Balaban J connectivity index is 1.33. The average molecular weight is 567 g/mol. The number of aliphatic hydroxyl groups is 1. The number of amides is 1. The monoisotopic (exact) mass is 566 g/mol. The van der Waals surface area contributed by atoms with Crippen LogP contribution in [-0.4, -0.2) is 45.3 Å². The third-order valence-electron chi connectivity index (χ3n) is 7.78. The number of carbonyl (C=O) groups is 1. The van der Waals surface area contributed by atoms with Crippen LogP contribution in [0, 0.1) is 11.2 Å². The van der Waals surface area contributed by atoms with Crippen LogP contribution in [0.1, 0.15) is 76.1 Å². The summed E-state index contributed by atoms with van der Waals surface area (Å²) in [4.78, 5) is 21.0. The standard InChI is InChI=1S/C31H39FN4O3S/c1-19(37)36-25(14-20-6-7-24(32)22(12-20)29-33-10-11-40-29)27(38)18-34-26-16-31(8-5-9-31)39-28-23(26)13-21(17-35-28)15-30(2,3)4/h6-7,10-13,17,25-27,34,38H,5,8-9,14-16,18H2,1-4H3,(H,36,37)/t25-,26-,27-/m0/s1. The molecule has 214 valence electrons. The summed E-state index contributed by atoms with van der Waals surface area (Å²) in [6.45, 7) is 8.34. The number of carbonyl (C=O) groups excluding carboxylic acids is 1. The van der Waals surface area contributed by atoms with Crippen LogP contribution in [0.3, 0.4) is 0 Å². The van der Waals surface area contributed by atoms with Crippen molar-refractivity contribution in [3.05, 3.63) is 64.5 Å². The van der Waals surface area contributed by atoms with E-state index in [1.54, 1.807) is 23.7 Å². The molecule has 1 aliphatic carbocycles. The number of aliphatic hydroxyl groups excluding tert-OH is 1. The van der Waals surface area contributed by atoms with Gasteiger partial charge in [0.1, 0.15) is 16.4 Å². The average Bonchev–Trinajstić information content (AvgIpc) is 3.40. The quantitative estimate of drug-likeness (QED) is 0.322. The highest BCUT2D eigenvalue weighted by Crippen LogP contribution is 2.48. The zero-order valence-electron chi connectivity index (χ0n) is 23.7. The van der Waals surface area contributed by atoms with Gasteiger partial charge in [-0.2, -0.15) is 0 Å². The molecule has 2 aliphatic rings. The molecule has 3 aromatic rings. The Morgan fingerprint density at radius 2 is 2.05 bits per heavy atom. The molecule has 1 amide bonds. The minimum atomic E-state index is -0.869. The number of fused-ring (bicyclic) bond motifs is 1. The SMILES string of the molecule is CC(=O)N[C@@H](Cc1ccc(F)c(-c2nccs2)c1)[C@@H](O)CN[C@H]1CC2(CCC2)Oc2ncc(CC(C)(C)C)cc21. The van der Waals surface area contributed by atoms with Crippen LogP contribution in [0.25, 0.3) is 10.6 Å². The van der Waals surface area contributed by atoms with Crippen LogP contribution in [0.5, 0.6) is 5.88 Å². The lowest BCUT2D eigenvalue weighted by atomic mass is 9.73. The molecule has 1 aromatic carbocycles. The van der Waals surface area contributed by atoms with Gasteiger partial charge in [-0.1, -0.05) is 26.8 Å². The molecule has 7 nitrogen and oxygen atoms in total. The summed E-state index contributed by atoms with van der Waals surface area (Å²) in [7, 11) is 0. The van der Waals surface area contributed by atoms with Crippen LogP contribution in [0.15, 0.2) is 42.0 Å². The minimum absolute atomic E-state index is 0.0218. The molecule has 0 bridgehead atoms. The molecule has 1 spiro atoms. The van der Waals surface area contributed by atoms with E-state index in [2.05, 4.69) is 42.5 Å². The van der Waals surface area contributed by atoms with E-state index in [9.17, 15) is 14.3 Å². The molecule has 3 atom stereocenters. The Bertz CT molecular complexity index is 1340. The first-order valence-electron chi connectivity index (χ1n) is 14.0. The van der Waals surface area contributed by atoms with Gasteiger partial charge < -0.3 is 20.5 Å². The van der Waals surface area contributed by atoms with Gasteiger partial charge in [0.2, 0.25) is 11.8 Å². The van der Waals surface area contributed by atoms with Gasteiger partial charge in [0, 0.05) is 54.8 Å². The van der Waals surface area contributed by atoms with Gasteiger partial charge in [0.25, 0.3) is 0 Å². The van der Waals surface area contributed by atoms with Gasteiger partial charge in [0.05, 0.1) is 12.1 Å². The normalized spacial score (nSPS) is 19.3. The van der Waals surface area contributed by atoms with Crippen LogP contribution in [0.4, 0.5) is 4.39 Å². The molecular weight excluding hydrogens is 527 g/mol. The summed E-state index contributed by atoms with van der Waals surface area (Å²) in [5.41, 5.74) is 3.34. The number of hydrogen-bond donors (Lipinski definition) is 3. The predicted octanol–water partition coefficient (Wildman–Crippen LogP) is 5.38. The fourth-order valence-electron chi connectivity index (χ4n) is 5.77. The molecule has 1 saturated carbocycles. The molecule has 5 rings (SSSR count). The summed E-state index contributed by atoms with van der Waals surface area (Å²) < 4.78 is 20.9. The van der Waals surface area contributed by atoms with Crippen molar-refractivity contribution in [2.45, 2.75) is 90.0 Å². The molecule has 2 aromatic heterocycles. The second-order valence-corrected chi connectivity index (χ2v) is 13.4. The Hall–Kier alpha value is -2.88. The molecule has 40 heavy (non-hydrogen) atoms. The van der Waals surface area contributed by atoms with Crippen molar-refractivity contribution in [3.8, 4) is 16.5 Å². The molecule has 0 saturated heterocycles. The number of ether oxygens (including phenoxy) is 1. The lowest BCUT2D eigenvalue weighted by Gasteiger charge is -2.47. The fourth-order valence-corrected chi connectivity index (χ4v) is 6.43. The number of hydrogen-bond acceptors (Lipinski definition) is 7. The summed E-state index contributed by atoms with van der Waals surface area (Å²) in [5.74, 6) is 0.0988. The second kappa shape index (κ2) is 11.5. The molecular formula is C31H39FN4O3S. The second-order valence-electron chi connectivity index (χ2n) is 12.5. The van der Waals surface area contributed by atoms with E-state index >= 15 is 0 Å². The van der Waals surface area contributed by atoms with Crippen molar-refractivity contribution >= 4 is 17.2 Å². The summed E-state index contributed by atoms with van der Waals surface area (Å²) in [5, 5.41) is 20.2. The van der Waals surface area contributed by atoms with E-state index in [0.717, 1.165) is 48.8 Å². The smallest absolute Gasteiger partial charge is 0.218 e. The maximum absolute atomic E-state index is 14.5. The number of nitrogens with zero attached hydrogens (tertiary/aromatic N) is 2. The largest absolute Gasteiger partial charge is 0.471 e. The van der Waals surface area contributed by atoms with Crippen LogP contribution < -0.4 is 15.4 Å². The highest BCUT2D eigenvalue weighted by molar-refractivity contribution is 7.13. The Labute approximate surface area is 239 Å². The van der Waals surface area contributed by atoms with Gasteiger partial charge in [-0.15, -0.1) is 11.3 Å². The fraction of sp³-hybridized carbons (Fsp3) is 0.516. The van der Waals surface area contributed by atoms with E-state index in [0.29, 0.717) is 22.9 Å². The Kier molecular flexibility index (Phi) is 8.27. The summed E-state index contributed by atoms with van der Waals surface area (Å²) >= 11 is 1.37. The molecule has 0 radical (unpaired) electrons. The zero-order chi connectivity index (χ0) is 28.5. The van der Waals surface area contributed by atoms with E-state index < -0.39 is 12.1 Å². The number of aromatic nitrogens is 2. The van der Waals surface area contributed by atoms with Gasteiger partial charge in [-0.3, -0.25) is 4.79 Å². The highest BCUT2D eigenvalue weighted by Gasteiger charge is 2.46. The molecule has 3 N–H and O–H groups in total. The van der Waals surface area contributed by atoms with E-state index in [4.69, 9.17) is 9.72 Å². The maximum atomic E-state index is 14.5. The lowest BCUT2D eigenvalue weighted by molar-refractivity contribution is -0.120. The van der Waals surface area contributed by atoms with Crippen molar-refractivity contribution in [2.24, 2.45) is 5.41 Å². The first-order chi connectivity index (χ1) is 19.0. The van der Waals surface area contributed by atoms with Crippen LogP contribution in [-0.2, 0) is 17.6 Å². The highest BCUT2D eigenvalue weighted by atomic mass is 32.1. The van der Waals surface area contributed by atoms with Crippen molar-refractivity contribution in [1.82, 2.24) is 20.6 Å². The topological polar surface area (TPSA) is 96.4 Å². The van der Waals surface area contributed by atoms with Crippen molar-refractivity contribution in [2.75, 3.05) is 6.54 Å². The summed E-state index contributed by atoms with van der Waals surface area (Å²) in [6.07, 6.45) is 7.90. The molecule has 9 heteroatoms. The van der Waals surface area contributed by atoms with Crippen molar-refractivity contribution < 1.29 is 19.0 Å². The molecule has 0 unspecified atom stereocenters. The number of thiazole rings is 1. The van der Waals surface area contributed by atoms with Crippen molar-refractivity contribution in [1.29, 1.82) is 0 Å². The van der Waals surface area contributed by atoms with E-state index in [1.807, 2.05) is 6.20 Å². The van der Waals surface area contributed by atoms with Gasteiger partial charge >= 0.3 is 0 Å². The first-order valence-corrected chi connectivity index (χ1v) is 14.9. The summed E-state index contributed by atoms with van der Waals surface area (Å²) in [6, 6.07) is 6.47. The maximum Gasteiger partial charge on any atom is 0.218 e. The number of rotatable bonds is 9. The predicted molar refractivity (Wildman–Crippen MR) is 155 cm³/mol. The van der Waals surface area contributed by atoms with Crippen LogP contribution >= 0.6 is 11.3 Å². The zero-order valence-corrected chi connectivity index (χ0v) is 24.5. The van der Waals surface area contributed by atoms with Gasteiger partial charge in [-0.25, -0.2) is 14.4 Å². The number of benzene rings is 1. The number of nitrogens with one attached hydrogen (secondary N) is 2. The number of halogens is 1. The van der Waals surface area contributed by atoms with Crippen LogP contribution in [0.2, 0.25) is 0 Å². The lowest BCUT2D eigenvalue weighted by Crippen LogP contribution is -2.52. The molecule has 3 heterocycles. The van der Waals surface area contributed by atoms with Crippen molar-refractivity contribution in [3.63, 3.8) is 0 Å².